The number of nitrogens with zero attached hydrogens (tertiary/aromatic N) is 2. The molecule has 22 heavy (non-hydrogen) atoms. The quantitative estimate of drug-likeness (QED) is 0.679. The van der Waals surface area contributed by atoms with Gasteiger partial charge in [0, 0.05) is 12.4 Å². The van der Waals surface area contributed by atoms with E-state index in [0.717, 1.165) is 0 Å². The molecule has 0 radical (unpaired) electrons. The molecular weight excluding hydrogens is 306 g/mol. The van der Waals surface area contributed by atoms with Crippen molar-refractivity contribution >= 4 is 23.7 Å². The number of methoxy groups -OCH3 is 2. The van der Waals surface area contributed by atoms with Crippen LogP contribution in [0.25, 0.3) is 0 Å². The van der Waals surface area contributed by atoms with Crippen LogP contribution in [-0.4, -0.2) is 31.3 Å². The number of ether oxygens (including phenoxy) is 2. The van der Waals surface area contributed by atoms with Crippen molar-refractivity contribution in [3.05, 3.63) is 52.8 Å². The standard InChI is InChI=1S/C15H14ClN3O3/c1-21-13-7-10(6-12(16)14(13)22-2)8-18-19-15(20)11-4-3-5-17-9-11/h3-9H,1-2H3,(H,19,20)/b18-8+. The number of pyridine rings is 1. The van der Waals surface area contributed by atoms with Crippen molar-refractivity contribution in [3.63, 3.8) is 0 Å². The molecule has 6 nitrogen and oxygen atoms in total. The SMILES string of the molecule is COc1cc(/C=N/NC(=O)c2cccnc2)cc(Cl)c1OC. The molecule has 0 saturated heterocycles. The van der Waals surface area contributed by atoms with Gasteiger partial charge in [-0.25, -0.2) is 5.43 Å². The van der Waals surface area contributed by atoms with Crippen LogP contribution in [0.1, 0.15) is 15.9 Å². The number of hydrazone groups is 1. The molecule has 2 aromatic rings. The van der Waals surface area contributed by atoms with Crippen molar-refractivity contribution < 1.29 is 14.3 Å². The summed E-state index contributed by atoms with van der Waals surface area (Å²) in [7, 11) is 3.02. The van der Waals surface area contributed by atoms with Gasteiger partial charge in [-0.1, -0.05) is 11.6 Å². The molecule has 0 unspecified atom stereocenters. The molecular formula is C15H14ClN3O3. The van der Waals surface area contributed by atoms with Gasteiger partial charge < -0.3 is 9.47 Å². The van der Waals surface area contributed by atoms with Gasteiger partial charge in [-0.15, -0.1) is 0 Å². The second-order valence-corrected chi connectivity index (χ2v) is 4.59. The lowest BCUT2D eigenvalue weighted by atomic mass is 10.2. The van der Waals surface area contributed by atoms with Crippen molar-refractivity contribution in [2.45, 2.75) is 0 Å². The lowest BCUT2D eigenvalue weighted by Crippen LogP contribution is -2.17. The Morgan fingerprint density at radius 3 is 2.82 bits per heavy atom. The predicted octanol–water partition coefficient (Wildman–Crippen LogP) is 2.52. The number of hydrogen-bond acceptors (Lipinski definition) is 5. The Labute approximate surface area is 132 Å². The van der Waals surface area contributed by atoms with Gasteiger partial charge in [0.05, 0.1) is 31.0 Å². The Hall–Kier alpha value is -2.60. The molecule has 0 aliphatic heterocycles. The zero-order valence-electron chi connectivity index (χ0n) is 12.0. The van der Waals surface area contributed by atoms with Crippen LogP contribution in [0.4, 0.5) is 0 Å². The van der Waals surface area contributed by atoms with E-state index >= 15 is 0 Å². The number of nitrogens with one attached hydrogen (secondary N) is 1. The molecule has 0 atom stereocenters. The Kier molecular flexibility index (Phi) is 5.32. The summed E-state index contributed by atoms with van der Waals surface area (Å²) < 4.78 is 10.3. The van der Waals surface area contributed by atoms with Crippen LogP contribution in [0.3, 0.4) is 0 Å². The topological polar surface area (TPSA) is 72.8 Å². The van der Waals surface area contributed by atoms with Gasteiger partial charge >= 0.3 is 0 Å². The molecule has 0 saturated carbocycles. The maximum atomic E-state index is 11.8. The molecule has 114 valence electrons. The molecule has 1 aromatic heterocycles. The minimum atomic E-state index is -0.351. The Bertz CT molecular complexity index is 690. The molecule has 0 spiro atoms. The number of aromatic nitrogens is 1. The van der Waals surface area contributed by atoms with Gasteiger partial charge in [0.2, 0.25) is 0 Å². The summed E-state index contributed by atoms with van der Waals surface area (Å²) in [6, 6.07) is 6.67. The number of carbonyl (C=O) groups is 1. The third kappa shape index (κ3) is 3.73. The highest BCUT2D eigenvalue weighted by Crippen LogP contribution is 2.35. The molecule has 1 aromatic carbocycles. The smallest absolute Gasteiger partial charge is 0.272 e. The van der Waals surface area contributed by atoms with Crippen LogP contribution < -0.4 is 14.9 Å². The summed E-state index contributed by atoms with van der Waals surface area (Å²) in [4.78, 5) is 15.7. The Morgan fingerprint density at radius 2 is 2.18 bits per heavy atom. The first-order valence-electron chi connectivity index (χ1n) is 6.30. The maximum absolute atomic E-state index is 11.8. The Balaban J connectivity index is 2.10. The summed E-state index contributed by atoms with van der Waals surface area (Å²) in [5, 5.41) is 4.27. The van der Waals surface area contributed by atoms with E-state index in [1.807, 2.05) is 0 Å². The van der Waals surface area contributed by atoms with Crippen LogP contribution in [0, 0.1) is 0 Å². The number of amides is 1. The van der Waals surface area contributed by atoms with Crippen LogP contribution in [0.2, 0.25) is 5.02 Å². The predicted molar refractivity (Wildman–Crippen MR) is 83.9 cm³/mol. The van der Waals surface area contributed by atoms with Gasteiger partial charge in [0.1, 0.15) is 0 Å². The Morgan fingerprint density at radius 1 is 1.36 bits per heavy atom. The van der Waals surface area contributed by atoms with Gasteiger partial charge in [-0.3, -0.25) is 9.78 Å². The summed E-state index contributed by atoms with van der Waals surface area (Å²) in [5.74, 6) is 0.576. The van der Waals surface area contributed by atoms with E-state index in [4.69, 9.17) is 21.1 Å². The van der Waals surface area contributed by atoms with E-state index < -0.39 is 0 Å². The average molecular weight is 320 g/mol. The van der Waals surface area contributed by atoms with E-state index in [0.29, 0.717) is 27.6 Å². The molecule has 1 heterocycles. The molecule has 1 N–H and O–H groups in total. The van der Waals surface area contributed by atoms with Crippen molar-refractivity contribution in [1.82, 2.24) is 10.4 Å². The number of halogens is 1. The number of rotatable bonds is 5. The number of hydrogen-bond donors (Lipinski definition) is 1. The molecule has 0 aliphatic rings. The van der Waals surface area contributed by atoms with E-state index in [1.54, 1.807) is 30.5 Å². The normalized spacial score (nSPS) is 10.5. The van der Waals surface area contributed by atoms with Crippen molar-refractivity contribution in [3.8, 4) is 11.5 Å². The highest BCUT2D eigenvalue weighted by Gasteiger charge is 2.10. The van der Waals surface area contributed by atoms with Crippen LogP contribution in [0.15, 0.2) is 41.8 Å². The fourth-order valence-corrected chi connectivity index (χ4v) is 2.04. The molecule has 0 bridgehead atoms. The lowest BCUT2D eigenvalue weighted by Gasteiger charge is -2.09. The average Bonchev–Trinajstić information content (AvgIpc) is 2.55. The largest absolute Gasteiger partial charge is 0.493 e. The van der Waals surface area contributed by atoms with Crippen LogP contribution in [0.5, 0.6) is 11.5 Å². The van der Waals surface area contributed by atoms with Crippen molar-refractivity contribution in [1.29, 1.82) is 0 Å². The zero-order valence-corrected chi connectivity index (χ0v) is 12.8. The van der Waals surface area contributed by atoms with Gasteiger partial charge in [-0.2, -0.15) is 5.10 Å². The third-order valence-electron chi connectivity index (χ3n) is 2.76. The number of benzene rings is 1. The van der Waals surface area contributed by atoms with Crippen LogP contribution in [-0.2, 0) is 0 Å². The summed E-state index contributed by atoms with van der Waals surface area (Å²) in [6.45, 7) is 0. The van der Waals surface area contributed by atoms with Crippen LogP contribution >= 0.6 is 11.6 Å². The minimum Gasteiger partial charge on any atom is -0.493 e. The molecule has 7 heteroatoms. The summed E-state index contributed by atoms with van der Waals surface area (Å²) >= 11 is 6.09. The van der Waals surface area contributed by atoms with Gasteiger partial charge in [0.25, 0.3) is 5.91 Å². The zero-order chi connectivity index (χ0) is 15.9. The summed E-state index contributed by atoms with van der Waals surface area (Å²) in [5.41, 5.74) is 3.49. The van der Waals surface area contributed by atoms with Gasteiger partial charge in [-0.05, 0) is 29.8 Å². The molecule has 0 fully saturated rings. The third-order valence-corrected chi connectivity index (χ3v) is 3.04. The fraction of sp³-hybridized carbons (Fsp3) is 0.133. The van der Waals surface area contributed by atoms with E-state index in [9.17, 15) is 4.79 Å². The minimum absolute atomic E-state index is 0.351. The second kappa shape index (κ2) is 7.42. The molecule has 2 rings (SSSR count). The monoisotopic (exact) mass is 319 g/mol. The second-order valence-electron chi connectivity index (χ2n) is 4.18. The highest BCUT2D eigenvalue weighted by atomic mass is 35.5. The first kappa shape index (κ1) is 15.8. The summed E-state index contributed by atoms with van der Waals surface area (Å²) in [6.07, 6.45) is 4.51. The number of carbonyl (C=O) groups excluding carboxylic acids is 1. The molecule has 0 aliphatic carbocycles. The fourth-order valence-electron chi connectivity index (χ4n) is 1.74. The first-order valence-corrected chi connectivity index (χ1v) is 6.68. The first-order chi connectivity index (χ1) is 10.7. The van der Waals surface area contributed by atoms with Gasteiger partial charge in [0.15, 0.2) is 11.5 Å². The van der Waals surface area contributed by atoms with Crippen molar-refractivity contribution in [2.75, 3.05) is 14.2 Å². The lowest BCUT2D eigenvalue weighted by molar-refractivity contribution is 0.0955. The highest BCUT2D eigenvalue weighted by molar-refractivity contribution is 6.32. The maximum Gasteiger partial charge on any atom is 0.272 e. The van der Waals surface area contributed by atoms with E-state index in [-0.39, 0.29) is 5.91 Å². The van der Waals surface area contributed by atoms with E-state index in [2.05, 4.69) is 15.5 Å². The molecule has 1 amide bonds. The van der Waals surface area contributed by atoms with E-state index in [1.165, 1.54) is 26.6 Å². The van der Waals surface area contributed by atoms with Crippen molar-refractivity contribution in [2.24, 2.45) is 5.10 Å².